The lowest BCUT2D eigenvalue weighted by molar-refractivity contribution is 0.463. The van der Waals surface area contributed by atoms with E-state index in [1.54, 1.807) is 19.2 Å². The van der Waals surface area contributed by atoms with Crippen LogP contribution in [-0.4, -0.2) is 7.05 Å². The summed E-state index contributed by atoms with van der Waals surface area (Å²) in [6, 6.07) is 12.4. The molecule has 3 heteroatoms. The lowest BCUT2D eigenvalue weighted by Crippen LogP contribution is -2.19. The summed E-state index contributed by atoms with van der Waals surface area (Å²) in [5, 5.41) is 3.06. The number of benzene rings is 2. The van der Waals surface area contributed by atoms with Crippen molar-refractivity contribution in [2.24, 2.45) is 0 Å². The Bertz CT molecular complexity index is 581. The van der Waals surface area contributed by atoms with Crippen molar-refractivity contribution in [1.82, 2.24) is 5.32 Å². The summed E-state index contributed by atoms with van der Waals surface area (Å²) in [4.78, 5) is 0. The molecule has 0 aliphatic carbocycles. The van der Waals surface area contributed by atoms with Gasteiger partial charge in [0.05, 0.1) is 0 Å². The van der Waals surface area contributed by atoms with Crippen LogP contribution in [0.5, 0.6) is 0 Å². The molecule has 0 saturated carbocycles. The van der Waals surface area contributed by atoms with Gasteiger partial charge in [0, 0.05) is 11.6 Å². The van der Waals surface area contributed by atoms with Crippen molar-refractivity contribution >= 4 is 0 Å². The molecule has 2 aromatic carbocycles. The van der Waals surface area contributed by atoms with Crippen molar-refractivity contribution in [3.8, 4) is 0 Å². The first-order chi connectivity index (χ1) is 9.61. The van der Waals surface area contributed by atoms with Crippen molar-refractivity contribution in [3.05, 3.63) is 70.8 Å². The van der Waals surface area contributed by atoms with E-state index >= 15 is 0 Å². The van der Waals surface area contributed by atoms with Gasteiger partial charge in [0.1, 0.15) is 0 Å². The van der Waals surface area contributed by atoms with Crippen LogP contribution in [0.25, 0.3) is 0 Å². The van der Waals surface area contributed by atoms with Crippen molar-refractivity contribution in [2.45, 2.75) is 25.8 Å². The molecule has 0 heterocycles. The molecule has 1 unspecified atom stereocenters. The molecule has 20 heavy (non-hydrogen) atoms. The highest BCUT2D eigenvalue weighted by molar-refractivity contribution is 5.25. The predicted octanol–water partition coefficient (Wildman–Crippen LogP) is 4.17. The summed E-state index contributed by atoms with van der Waals surface area (Å²) in [6.07, 6.45) is 1.55. The summed E-state index contributed by atoms with van der Waals surface area (Å²) in [7, 11) is 1.77. The van der Waals surface area contributed by atoms with Crippen LogP contribution in [0.4, 0.5) is 8.78 Å². The van der Waals surface area contributed by atoms with E-state index in [-0.39, 0.29) is 6.04 Å². The summed E-state index contributed by atoms with van der Waals surface area (Å²) >= 11 is 0. The van der Waals surface area contributed by atoms with E-state index < -0.39 is 11.6 Å². The highest BCUT2D eigenvalue weighted by atomic mass is 19.2. The second kappa shape index (κ2) is 6.62. The summed E-state index contributed by atoms with van der Waals surface area (Å²) in [5.74, 6) is -1.55. The summed E-state index contributed by atoms with van der Waals surface area (Å²) < 4.78 is 27.1. The van der Waals surface area contributed by atoms with Gasteiger partial charge >= 0.3 is 0 Å². The van der Waals surface area contributed by atoms with Crippen LogP contribution in [0.3, 0.4) is 0 Å². The van der Waals surface area contributed by atoms with Gasteiger partial charge in [-0.15, -0.1) is 0 Å². The van der Waals surface area contributed by atoms with Crippen molar-refractivity contribution < 1.29 is 8.78 Å². The largest absolute Gasteiger partial charge is 0.313 e. The molecule has 0 aliphatic rings. The molecule has 1 nitrogen and oxygen atoms in total. The molecule has 2 aromatic rings. The van der Waals surface area contributed by atoms with Crippen molar-refractivity contribution in [2.75, 3.05) is 7.05 Å². The third-order valence-electron chi connectivity index (χ3n) is 3.51. The zero-order valence-electron chi connectivity index (χ0n) is 11.8. The fraction of sp³-hybridized carbons (Fsp3) is 0.294. The van der Waals surface area contributed by atoms with Crippen molar-refractivity contribution in [3.63, 3.8) is 0 Å². The van der Waals surface area contributed by atoms with Crippen LogP contribution >= 0.6 is 0 Å². The van der Waals surface area contributed by atoms with E-state index in [0.717, 1.165) is 18.9 Å². The zero-order valence-corrected chi connectivity index (χ0v) is 11.8. The maximum absolute atomic E-state index is 13.8. The Labute approximate surface area is 118 Å². The molecule has 106 valence electrons. The van der Waals surface area contributed by atoms with Gasteiger partial charge in [-0.2, -0.15) is 0 Å². The van der Waals surface area contributed by atoms with Crippen LogP contribution in [0.2, 0.25) is 0 Å². The van der Waals surface area contributed by atoms with E-state index in [9.17, 15) is 8.78 Å². The van der Waals surface area contributed by atoms with E-state index in [1.807, 2.05) is 19.1 Å². The molecule has 1 N–H and O–H groups in total. The second-order valence-electron chi connectivity index (χ2n) is 5.01. The molecule has 0 aliphatic heterocycles. The van der Waals surface area contributed by atoms with Gasteiger partial charge < -0.3 is 5.32 Å². The molecular weight excluding hydrogens is 256 g/mol. The first-order valence-electron chi connectivity index (χ1n) is 6.78. The minimum absolute atomic E-state index is 0.189. The minimum Gasteiger partial charge on any atom is -0.313 e. The molecule has 0 saturated heterocycles. The first-order valence-corrected chi connectivity index (χ1v) is 6.78. The van der Waals surface area contributed by atoms with Gasteiger partial charge in [0.2, 0.25) is 0 Å². The zero-order chi connectivity index (χ0) is 14.5. The second-order valence-corrected chi connectivity index (χ2v) is 5.01. The van der Waals surface area contributed by atoms with Crippen LogP contribution in [0, 0.1) is 18.6 Å². The minimum atomic E-state index is -0.793. The molecule has 1 atom stereocenters. The van der Waals surface area contributed by atoms with E-state index in [4.69, 9.17) is 0 Å². The number of aryl methyl sites for hydroxylation is 2. The maximum Gasteiger partial charge on any atom is 0.163 e. The van der Waals surface area contributed by atoms with Crippen molar-refractivity contribution in [1.29, 1.82) is 0 Å². The SMILES string of the molecule is CNC(CCc1cccc(C)c1)c1cccc(F)c1F. The van der Waals surface area contributed by atoms with Crippen LogP contribution in [0.1, 0.15) is 29.2 Å². The fourth-order valence-corrected chi connectivity index (χ4v) is 2.42. The topological polar surface area (TPSA) is 12.0 Å². The van der Waals surface area contributed by atoms with E-state index in [2.05, 4.69) is 17.4 Å². The number of rotatable bonds is 5. The third kappa shape index (κ3) is 3.42. The molecule has 0 fully saturated rings. The number of nitrogens with one attached hydrogen (secondary N) is 1. The average Bonchev–Trinajstić information content (AvgIpc) is 2.44. The Balaban J connectivity index is 2.11. The lowest BCUT2D eigenvalue weighted by Gasteiger charge is -2.17. The number of halogens is 2. The molecular formula is C17H19F2N. The Morgan fingerprint density at radius 3 is 2.55 bits per heavy atom. The van der Waals surface area contributed by atoms with E-state index in [0.29, 0.717) is 5.56 Å². The van der Waals surface area contributed by atoms with Gasteiger partial charge in [-0.3, -0.25) is 0 Å². The third-order valence-corrected chi connectivity index (χ3v) is 3.51. The molecule has 2 rings (SSSR count). The maximum atomic E-state index is 13.8. The van der Waals surface area contributed by atoms with Gasteiger partial charge in [-0.05, 0) is 38.4 Å². The highest BCUT2D eigenvalue weighted by Gasteiger charge is 2.16. The quantitative estimate of drug-likeness (QED) is 0.863. The predicted molar refractivity (Wildman–Crippen MR) is 77.7 cm³/mol. The number of hydrogen-bond acceptors (Lipinski definition) is 1. The highest BCUT2D eigenvalue weighted by Crippen LogP contribution is 2.23. The fourth-order valence-electron chi connectivity index (χ4n) is 2.42. The van der Waals surface area contributed by atoms with Gasteiger partial charge in [0.25, 0.3) is 0 Å². The van der Waals surface area contributed by atoms with Gasteiger partial charge in [-0.25, -0.2) is 8.78 Å². The van der Waals surface area contributed by atoms with Gasteiger partial charge in [0.15, 0.2) is 11.6 Å². The Kier molecular flexibility index (Phi) is 4.85. The Morgan fingerprint density at radius 2 is 1.85 bits per heavy atom. The summed E-state index contributed by atoms with van der Waals surface area (Å²) in [5.41, 5.74) is 2.81. The van der Waals surface area contributed by atoms with Crippen LogP contribution in [0.15, 0.2) is 42.5 Å². The smallest absolute Gasteiger partial charge is 0.163 e. The molecule has 0 amide bonds. The normalized spacial score (nSPS) is 12.4. The van der Waals surface area contributed by atoms with Crippen LogP contribution < -0.4 is 5.32 Å². The molecule has 0 aromatic heterocycles. The average molecular weight is 275 g/mol. The standard InChI is InChI=1S/C17H19F2N/c1-12-5-3-6-13(11-12)9-10-16(20-2)14-7-4-8-15(18)17(14)19/h3-8,11,16,20H,9-10H2,1-2H3. The van der Waals surface area contributed by atoms with E-state index in [1.165, 1.54) is 11.1 Å². The Morgan fingerprint density at radius 1 is 1.10 bits per heavy atom. The molecule has 0 spiro atoms. The lowest BCUT2D eigenvalue weighted by atomic mass is 9.98. The van der Waals surface area contributed by atoms with Crippen LogP contribution in [-0.2, 0) is 6.42 Å². The monoisotopic (exact) mass is 275 g/mol. The summed E-state index contributed by atoms with van der Waals surface area (Å²) in [6.45, 7) is 2.05. The molecule has 0 radical (unpaired) electrons. The molecule has 0 bridgehead atoms. The number of hydrogen-bond donors (Lipinski definition) is 1. The van der Waals surface area contributed by atoms with Gasteiger partial charge in [-0.1, -0.05) is 42.0 Å². The Hall–Kier alpha value is -1.74. The first kappa shape index (κ1) is 14.7.